The molecule has 1 saturated heterocycles. The Morgan fingerprint density at radius 1 is 0.913 bits per heavy atom. The van der Waals surface area contributed by atoms with Gasteiger partial charge in [-0.1, -0.05) is 42.5 Å². The molecule has 2 aliphatic rings. The lowest BCUT2D eigenvalue weighted by molar-refractivity contribution is -0.184. The van der Waals surface area contributed by atoms with Gasteiger partial charge in [-0.3, -0.25) is 0 Å². The number of nitrogens with zero attached hydrogens (tertiary/aromatic N) is 1. The smallest absolute Gasteiger partial charge is 0.235 e. The lowest BCUT2D eigenvalue weighted by Crippen LogP contribution is -2.41. The Hall–Kier alpha value is -2.00. The fourth-order valence-electron chi connectivity index (χ4n) is 3.99. The van der Waals surface area contributed by atoms with Crippen molar-refractivity contribution in [3.8, 4) is 0 Å². The first kappa shape index (κ1) is 14.6. The highest BCUT2D eigenvalue weighted by molar-refractivity contribution is 5.86. The van der Waals surface area contributed by atoms with Gasteiger partial charge in [0.1, 0.15) is 0 Å². The van der Waals surface area contributed by atoms with E-state index in [1.54, 1.807) is 0 Å². The topological polar surface area (TPSA) is 47.9 Å². The molecule has 0 aromatic heterocycles. The second kappa shape index (κ2) is 5.57. The maximum Gasteiger partial charge on any atom is 0.235 e. The SMILES string of the molecule is O=C=NC1(c2cccc3ccccc23)CCC2(CC1)OCCO2. The largest absolute Gasteiger partial charge is 0.348 e. The first-order chi connectivity index (χ1) is 11.3. The van der Waals surface area contributed by atoms with Crippen molar-refractivity contribution >= 4 is 16.9 Å². The number of aliphatic imine (C=N–C) groups is 1. The predicted molar refractivity (Wildman–Crippen MR) is 86.9 cm³/mol. The van der Waals surface area contributed by atoms with Gasteiger partial charge in [0.05, 0.1) is 18.8 Å². The maximum absolute atomic E-state index is 11.1. The minimum Gasteiger partial charge on any atom is -0.348 e. The molecule has 23 heavy (non-hydrogen) atoms. The van der Waals surface area contributed by atoms with Gasteiger partial charge in [0.15, 0.2) is 5.79 Å². The van der Waals surface area contributed by atoms with Crippen molar-refractivity contribution in [3.63, 3.8) is 0 Å². The van der Waals surface area contributed by atoms with Gasteiger partial charge in [-0.05, 0) is 29.2 Å². The van der Waals surface area contributed by atoms with E-state index in [1.807, 2.05) is 24.3 Å². The van der Waals surface area contributed by atoms with E-state index < -0.39 is 11.3 Å². The Morgan fingerprint density at radius 2 is 1.61 bits per heavy atom. The lowest BCUT2D eigenvalue weighted by Gasteiger charge is -2.41. The highest BCUT2D eigenvalue weighted by atomic mass is 16.7. The average Bonchev–Trinajstić information content (AvgIpc) is 3.06. The summed E-state index contributed by atoms with van der Waals surface area (Å²) in [6.07, 6.45) is 4.78. The molecule has 0 amide bonds. The predicted octanol–water partition coefficient (Wildman–Crippen LogP) is 3.69. The maximum atomic E-state index is 11.1. The van der Waals surface area contributed by atoms with Crippen LogP contribution in [0.15, 0.2) is 47.5 Å². The third kappa shape index (κ3) is 2.40. The third-order valence-electron chi connectivity index (χ3n) is 5.20. The molecule has 1 spiro atoms. The molecule has 1 heterocycles. The third-order valence-corrected chi connectivity index (χ3v) is 5.20. The van der Waals surface area contributed by atoms with Gasteiger partial charge >= 0.3 is 0 Å². The molecule has 118 valence electrons. The van der Waals surface area contributed by atoms with E-state index in [9.17, 15) is 4.79 Å². The Bertz CT molecular complexity index is 758. The fourth-order valence-corrected chi connectivity index (χ4v) is 3.99. The highest BCUT2D eigenvalue weighted by Crippen LogP contribution is 2.48. The average molecular weight is 309 g/mol. The summed E-state index contributed by atoms with van der Waals surface area (Å²) in [6.45, 7) is 1.30. The standard InChI is InChI=1S/C19H19NO3/c21-14-20-18(8-10-19(11-9-18)22-12-13-23-19)17-7-3-5-15-4-1-2-6-16(15)17/h1-7H,8-13H2. The second-order valence-electron chi connectivity index (χ2n) is 6.37. The molecular formula is C19H19NO3. The molecule has 0 bridgehead atoms. The summed E-state index contributed by atoms with van der Waals surface area (Å²) >= 11 is 0. The molecule has 4 rings (SSSR count). The van der Waals surface area contributed by atoms with Crippen molar-refractivity contribution < 1.29 is 14.3 Å². The molecule has 2 fully saturated rings. The fraction of sp³-hybridized carbons (Fsp3) is 0.421. The molecule has 1 saturated carbocycles. The molecule has 0 radical (unpaired) electrons. The van der Waals surface area contributed by atoms with Gasteiger partial charge in [-0.2, -0.15) is 4.99 Å². The number of hydrogen-bond acceptors (Lipinski definition) is 4. The van der Waals surface area contributed by atoms with Crippen LogP contribution in [-0.4, -0.2) is 25.1 Å². The van der Waals surface area contributed by atoms with Crippen LogP contribution in [0, 0.1) is 0 Å². The minimum atomic E-state index is -0.525. The molecule has 1 aliphatic carbocycles. The van der Waals surface area contributed by atoms with E-state index in [2.05, 4.69) is 29.3 Å². The Kier molecular flexibility index (Phi) is 3.53. The van der Waals surface area contributed by atoms with Crippen molar-refractivity contribution in [3.05, 3.63) is 48.0 Å². The van der Waals surface area contributed by atoms with Gasteiger partial charge in [-0.25, -0.2) is 4.79 Å². The van der Waals surface area contributed by atoms with Gasteiger partial charge in [0.25, 0.3) is 0 Å². The Labute approximate surface area is 135 Å². The summed E-state index contributed by atoms with van der Waals surface area (Å²) < 4.78 is 11.6. The van der Waals surface area contributed by atoms with Crippen LogP contribution < -0.4 is 0 Å². The van der Waals surface area contributed by atoms with Crippen molar-refractivity contribution in [2.24, 2.45) is 4.99 Å². The normalized spacial score (nSPS) is 22.1. The number of hydrogen-bond donors (Lipinski definition) is 0. The number of benzene rings is 2. The Balaban J connectivity index is 1.77. The van der Waals surface area contributed by atoms with Crippen LogP contribution in [0.1, 0.15) is 31.2 Å². The van der Waals surface area contributed by atoms with Crippen LogP contribution in [0.25, 0.3) is 10.8 Å². The monoisotopic (exact) mass is 309 g/mol. The Morgan fingerprint density at radius 3 is 2.35 bits per heavy atom. The summed E-state index contributed by atoms with van der Waals surface area (Å²) in [5.41, 5.74) is 0.579. The van der Waals surface area contributed by atoms with E-state index in [4.69, 9.17) is 9.47 Å². The number of rotatable bonds is 2. The van der Waals surface area contributed by atoms with Crippen LogP contribution in [0.5, 0.6) is 0 Å². The molecule has 4 heteroatoms. The van der Waals surface area contributed by atoms with E-state index in [0.717, 1.165) is 36.6 Å². The van der Waals surface area contributed by atoms with E-state index in [-0.39, 0.29) is 0 Å². The molecular weight excluding hydrogens is 290 g/mol. The van der Waals surface area contributed by atoms with Crippen molar-refractivity contribution in [1.82, 2.24) is 0 Å². The van der Waals surface area contributed by atoms with Crippen LogP contribution in [0.2, 0.25) is 0 Å². The molecule has 0 N–H and O–H groups in total. The summed E-state index contributed by atoms with van der Waals surface area (Å²) in [5, 5.41) is 2.32. The second-order valence-corrected chi connectivity index (χ2v) is 6.37. The van der Waals surface area contributed by atoms with E-state index in [0.29, 0.717) is 13.2 Å². The van der Waals surface area contributed by atoms with E-state index in [1.165, 1.54) is 5.39 Å². The number of ether oxygens (including phenoxy) is 2. The van der Waals surface area contributed by atoms with Crippen molar-refractivity contribution in [2.45, 2.75) is 37.0 Å². The molecule has 2 aromatic carbocycles. The summed E-state index contributed by atoms with van der Waals surface area (Å²) in [7, 11) is 0. The van der Waals surface area contributed by atoms with Gasteiger partial charge in [0, 0.05) is 12.8 Å². The van der Waals surface area contributed by atoms with E-state index >= 15 is 0 Å². The zero-order valence-corrected chi connectivity index (χ0v) is 13.0. The first-order valence-corrected chi connectivity index (χ1v) is 8.12. The summed E-state index contributed by atoms with van der Waals surface area (Å²) in [4.78, 5) is 15.4. The first-order valence-electron chi connectivity index (χ1n) is 8.12. The van der Waals surface area contributed by atoms with Crippen molar-refractivity contribution in [2.75, 3.05) is 13.2 Å². The van der Waals surface area contributed by atoms with Crippen LogP contribution in [-0.2, 0) is 19.8 Å². The molecule has 0 unspecified atom stereocenters. The number of carbonyl (C=O) groups excluding carboxylic acids is 1. The van der Waals surface area contributed by atoms with Gasteiger partial charge < -0.3 is 9.47 Å². The quantitative estimate of drug-likeness (QED) is 0.628. The molecule has 2 aromatic rings. The number of fused-ring (bicyclic) bond motifs is 1. The zero-order valence-electron chi connectivity index (χ0n) is 13.0. The van der Waals surface area contributed by atoms with Crippen LogP contribution in [0.3, 0.4) is 0 Å². The van der Waals surface area contributed by atoms with Crippen LogP contribution >= 0.6 is 0 Å². The molecule has 4 nitrogen and oxygen atoms in total. The molecule has 1 aliphatic heterocycles. The van der Waals surface area contributed by atoms with Gasteiger partial charge in [0.2, 0.25) is 6.08 Å². The zero-order chi connectivity index (χ0) is 15.8. The number of isocyanates is 1. The summed E-state index contributed by atoms with van der Waals surface area (Å²) in [6, 6.07) is 14.4. The van der Waals surface area contributed by atoms with Crippen LogP contribution in [0.4, 0.5) is 0 Å². The molecule has 0 atom stereocenters. The van der Waals surface area contributed by atoms with Gasteiger partial charge in [-0.15, -0.1) is 0 Å². The lowest BCUT2D eigenvalue weighted by atomic mass is 9.73. The highest BCUT2D eigenvalue weighted by Gasteiger charge is 2.47. The minimum absolute atomic E-state index is 0.466. The van der Waals surface area contributed by atoms with Crippen molar-refractivity contribution in [1.29, 1.82) is 0 Å². The summed E-state index contributed by atoms with van der Waals surface area (Å²) in [5.74, 6) is -0.466.